The number of hydrogen-bond donors (Lipinski definition) is 2. The first-order valence-corrected chi connectivity index (χ1v) is 3.41. The molecule has 11 heavy (non-hydrogen) atoms. The third-order valence-electron chi connectivity index (χ3n) is 2.26. The fourth-order valence-corrected chi connectivity index (χ4v) is 1.12. The fraction of sp³-hybridized carbons (Fsp3) is 0.714. The number of rotatable bonds is 1. The highest BCUT2D eigenvalue weighted by Gasteiger charge is 2.51. The Morgan fingerprint density at radius 3 is 2.36 bits per heavy atom. The first-order chi connectivity index (χ1) is 4.91. The van der Waals surface area contributed by atoms with Crippen LogP contribution in [0.2, 0.25) is 0 Å². The van der Waals surface area contributed by atoms with Crippen molar-refractivity contribution in [3.05, 3.63) is 0 Å². The van der Waals surface area contributed by atoms with Crippen LogP contribution in [0.4, 0.5) is 0 Å². The van der Waals surface area contributed by atoms with Crippen molar-refractivity contribution in [2.24, 2.45) is 0 Å². The summed E-state index contributed by atoms with van der Waals surface area (Å²) in [5.74, 6) is -0.287. The molecule has 1 aliphatic heterocycles. The Morgan fingerprint density at radius 2 is 2.18 bits per heavy atom. The first-order valence-electron chi connectivity index (χ1n) is 3.41. The van der Waals surface area contributed by atoms with Crippen molar-refractivity contribution in [3.63, 3.8) is 0 Å². The van der Waals surface area contributed by atoms with E-state index in [-0.39, 0.29) is 12.3 Å². The van der Waals surface area contributed by atoms with E-state index in [1.54, 1.807) is 0 Å². The van der Waals surface area contributed by atoms with Gasteiger partial charge in [-0.3, -0.25) is 4.79 Å². The Labute approximate surface area is 64.6 Å². The Bertz CT molecular complexity index is 212. The zero-order valence-corrected chi connectivity index (χ0v) is 6.55. The van der Waals surface area contributed by atoms with Crippen molar-refractivity contribution in [3.8, 4) is 0 Å². The van der Waals surface area contributed by atoms with Gasteiger partial charge in [0.1, 0.15) is 17.4 Å². The van der Waals surface area contributed by atoms with Crippen LogP contribution in [0.25, 0.3) is 0 Å². The summed E-state index contributed by atoms with van der Waals surface area (Å²) < 4.78 is 0. The molecular formula is C7H11NO3. The average Bonchev–Trinajstić information content (AvgIpc) is 2.03. The van der Waals surface area contributed by atoms with Crippen LogP contribution in [0.3, 0.4) is 0 Å². The maximum absolute atomic E-state index is 10.8. The topological polar surface area (TPSA) is 66.4 Å². The van der Waals surface area contributed by atoms with Gasteiger partial charge in [-0.2, -0.15) is 0 Å². The third kappa shape index (κ3) is 1.03. The van der Waals surface area contributed by atoms with Crippen LogP contribution in [0.15, 0.2) is 0 Å². The predicted octanol–water partition coefficient (Wildman–Crippen LogP) is -0.785. The highest BCUT2D eigenvalue weighted by atomic mass is 16.3. The second kappa shape index (κ2) is 2.04. The van der Waals surface area contributed by atoms with Gasteiger partial charge in [0.2, 0.25) is 5.91 Å². The summed E-state index contributed by atoms with van der Waals surface area (Å²) in [6, 6.07) is 0. The Hall–Kier alpha value is -0.900. The molecule has 0 aromatic heterocycles. The minimum absolute atomic E-state index is 0.0117. The Morgan fingerprint density at radius 1 is 1.64 bits per heavy atom. The number of nitrogens with one attached hydrogen (secondary N) is 1. The average molecular weight is 157 g/mol. The molecular weight excluding hydrogens is 146 g/mol. The first kappa shape index (κ1) is 8.20. The third-order valence-corrected chi connectivity index (χ3v) is 2.26. The number of aldehydes is 1. The van der Waals surface area contributed by atoms with Gasteiger partial charge in [0.25, 0.3) is 0 Å². The highest BCUT2D eigenvalue weighted by Crippen LogP contribution is 2.29. The van der Waals surface area contributed by atoms with E-state index in [1.807, 2.05) is 0 Å². The van der Waals surface area contributed by atoms with Gasteiger partial charge in [-0.05, 0) is 13.8 Å². The molecule has 4 nitrogen and oxygen atoms in total. The lowest BCUT2D eigenvalue weighted by atomic mass is 9.86. The number of carbonyl (C=O) groups is 2. The number of carbonyl (C=O) groups excluding carboxylic acids is 2. The summed E-state index contributed by atoms with van der Waals surface area (Å²) in [6.07, 6.45) is 0.556. The molecule has 62 valence electrons. The van der Waals surface area contributed by atoms with Crippen LogP contribution in [0, 0.1) is 0 Å². The zero-order chi connectivity index (χ0) is 8.70. The number of aliphatic hydroxyl groups is 1. The number of amides is 1. The van der Waals surface area contributed by atoms with E-state index < -0.39 is 11.1 Å². The van der Waals surface area contributed by atoms with Crippen LogP contribution >= 0.6 is 0 Å². The largest absolute Gasteiger partial charge is 0.387 e. The van der Waals surface area contributed by atoms with Gasteiger partial charge in [-0.25, -0.2) is 0 Å². The summed E-state index contributed by atoms with van der Waals surface area (Å²) >= 11 is 0. The highest BCUT2D eigenvalue weighted by molar-refractivity contribution is 5.88. The van der Waals surface area contributed by atoms with E-state index in [1.165, 1.54) is 13.8 Å². The monoisotopic (exact) mass is 157 g/mol. The van der Waals surface area contributed by atoms with E-state index >= 15 is 0 Å². The molecule has 0 aromatic rings. The fourth-order valence-electron chi connectivity index (χ4n) is 1.12. The lowest BCUT2D eigenvalue weighted by Crippen LogP contribution is -2.54. The Kier molecular flexibility index (Phi) is 1.52. The van der Waals surface area contributed by atoms with Gasteiger partial charge in [0, 0.05) is 0 Å². The lowest BCUT2D eigenvalue weighted by molar-refractivity contribution is -0.122. The predicted molar refractivity (Wildman–Crippen MR) is 37.9 cm³/mol. The van der Waals surface area contributed by atoms with E-state index in [9.17, 15) is 14.7 Å². The van der Waals surface area contributed by atoms with Crippen molar-refractivity contribution < 1.29 is 14.7 Å². The molecule has 1 fully saturated rings. The molecule has 0 radical (unpaired) electrons. The molecule has 0 saturated carbocycles. The molecule has 1 rings (SSSR count). The van der Waals surface area contributed by atoms with E-state index in [0.717, 1.165) is 0 Å². The van der Waals surface area contributed by atoms with Crippen LogP contribution < -0.4 is 5.32 Å². The summed E-state index contributed by atoms with van der Waals surface area (Å²) in [7, 11) is 0. The second-order valence-electron chi connectivity index (χ2n) is 3.32. The molecule has 2 N–H and O–H groups in total. The molecule has 0 aromatic carbocycles. The minimum Gasteiger partial charge on any atom is -0.387 e. The van der Waals surface area contributed by atoms with Crippen molar-refractivity contribution in [2.45, 2.75) is 31.4 Å². The van der Waals surface area contributed by atoms with Crippen molar-refractivity contribution in [1.29, 1.82) is 0 Å². The van der Waals surface area contributed by atoms with Crippen molar-refractivity contribution in [1.82, 2.24) is 5.32 Å². The van der Waals surface area contributed by atoms with Gasteiger partial charge in [0.05, 0.1) is 6.42 Å². The van der Waals surface area contributed by atoms with E-state index in [2.05, 4.69) is 5.32 Å². The normalized spacial score (nSPS) is 43.7. The quantitative estimate of drug-likeness (QED) is 0.490. The molecule has 4 heteroatoms. The minimum atomic E-state index is -1.26. The molecule has 2 atom stereocenters. The molecule has 1 amide bonds. The maximum Gasteiger partial charge on any atom is 0.223 e. The van der Waals surface area contributed by atoms with Crippen LogP contribution in [-0.4, -0.2) is 28.4 Å². The smallest absolute Gasteiger partial charge is 0.223 e. The SMILES string of the molecule is CC1(O)CC(=O)N[C@@]1(C)C=O. The molecule has 1 aliphatic rings. The van der Waals surface area contributed by atoms with Gasteiger partial charge in [-0.1, -0.05) is 0 Å². The summed E-state index contributed by atoms with van der Waals surface area (Å²) in [6.45, 7) is 2.98. The molecule has 1 unspecified atom stereocenters. The summed E-state index contributed by atoms with van der Waals surface area (Å²) in [5.41, 5.74) is -2.38. The van der Waals surface area contributed by atoms with Gasteiger partial charge >= 0.3 is 0 Å². The summed E-state index contributed by atoms with van der Waals surface area (Å²) in [5, 5.41) is 12.0. The van der Waals surface area contributed by atoms with E-state index in [4.69, 9.17) is 0 Å². The number of hydrogen-bond acceptors (Lipinski definition) is 3. The standard InChI is InChI=1S/C7H11NO3/c1-6(4-9)7(2,11)3-5(10)8-6/h4,11H,3H2,1-2H3,(H,8,10)/t6-,7?/m0/s1. The molecule has 0 spiro atoms. The Balaban J connectivity index is 2.98. The molecule has 1 heterocycles. The lowest BCUT2D eigenvalue weighted by Gasteiger charge is -2.29. The maximum atomic E-state index is 10.8. The van der Waals surface area contributed by atoms with Crippen LogP contribution in [-0.2, 0) is 9.59 Å². The summed E-state index contributed by atoms with van der Waals surface area (Å²) in [4.78, 5) is 21.3. The van der Waals surface area contributed by atoms with Crippen LogP contribution in [0.5, 0.6) is 0 Å². The second-order valence-corrected chi connectivity index (χ2v) is 3.32. The van der Waals surface area contributed by atoms with Gasteiger partial charge in [0.15, 0.2) is 0 Å². The molecule has 0 bridgehead atoms. The van der Waals surface area contributed by atoms with Crippen LogP contribution in [0.1, 0.15) is 20.3 Å². The molecule has 1 saturated heterocycles. The van der Waals surface area contributed by atoms with Crippen molar-refractivity contribution >= 4 is 12.2 Å². The molecule has 0 aliphatic carbocycles. The van der Waals surface area contributed by atoms with Crippen molar-refractivity contribution in [2.75, 3.05) is 0 Å². The zero-order valence-electron chi connectivity index (χ0n) is 6.55. The van der Waals surface area contributed by atoms with Gasteiger partial charge < -0.3 is 15.2 Å². The van der Waals surface area contributed by atoms with Gasteiger partial charge in [-0.15, -0.1) is 0 Å². The van der Waals surface area contributed by atoms with E-state index in [0.29, 0.717) is 6.29 Å².